The minimum absolute atomic E-state index is 0.177. The molecule has 0 radical (unpaired) electrons. The number of amides is 1. The number of rotatable bonds is 9. The summed E-state index contributed by atoms with van der Waals surface area (Å²) in [6.07, 6.45) is 2.52. The number of nitrogens with zero attached hydrogens (tertiary/aromatic N) is 3. The zero-order valence-corrected chi connectivity index (χ0v) is 20.5. The van der Waals surface area contributed by atoms with Crippen molar-refractivity contribution in [3.8, 4) is 6.07 Å². The molecular formula is C23H30N4O3S2. The van der Waals surface area contributed by atoms with Crippen LogP contribution in [0, 0.1) is 11.3 Å². The first-order valence-electron chi connectivity index (χ1n) is 11.0. The molecule has 0 aliphatic carbocycles. The third kappa shape index (κ3) is 5.04. The Hall–Kier alpha value is -2.25. The number of thiophene rings is 1. The van der Waals surface area contributed by atoms with Gasteiger partial charge in [-0.3, -0.25) is 9.69 Å². The van der Waals surface area contributed by atoms with Gasteiger partial charge in [-0.2, -0.15) is 9.57 Å². The SMILES string of the molecule is CCCCN(CC)S(=O)(=O)c1ccc(C(=O)Nc2sc3c(c2C#N)CCN(CC)C3)cc1. The summed E-state index contributed by atoms with van der Waals surface area (Å²) in [6, 6.07) is 8.24. The summed E-state index contributed by atoms with van der Waals surface area (Å²) in [5.74, 6) is -0.352. The fourth-order valence-electron chi connectivity index (χ4n) is 3.82. The zero-order chi connectivity index (χ0) is 23.3. The zero-order valence-electron chi connectivity index (χ0n) is 18.8. The van der Waals surface area contributed by atoms with Gasteiger partial charge in [-0.15, -0.1) is 11.3 Å². The summed E-state index contributed by atoms with van der Waals surface area (Å²) in [4.78, 5) is 16.4. The van der Waals surface area contributed by atoms with Gasteiger partial charge in [0.1, 0.15) is 11.1 Å². The Bertz CT molecular complexity index is 1100. The Kier molecular flexibility index (Phi) is 8.06. The summed E-state index contributed by atoms with van der Waals surface area (Å²) >= 11 is 1.45. The van der Waals surface area contributed by atoms with Crippen molar-refractivity contribution in [1.82, 2.24) is 9.21 Å². The number of unbranched alkanes of at least 4 members (excludes halogenated alkanes) is 1. The highest BCUT2D eigenvalue weighted by atomic mass is 32.2. The Balaban J connectivity index is 1.77. The van der Waals surface area contributed by atoms with Crippen molar-refractivity contribution in [1.29, 1.82) is 5.26 Å². The van der Waals surface area contributed by atoms with Crippen LogP contribution < -0.4 is 5.32 Å². The molecule has 2 heterocycles. The minimum atomic E-state index is -3.59. The molecule has 0 fully saturated rings. The van der Waals surface area contributed by atoms with Crippen molar-refractivity contribution < 1.29 is 13.2 Å². The molecule has 172 valence electrons. The molecule has 2 aromatic rings. The molecule has 0 saturated carbocycles. The number of nitrogens with one attached hydrogen (secondary N) is 1. The number of sulfonamides is 1. The molecule has 0 unspecified atom stereocenters. The summed E-state index contributed by atoms with van der Waals surface area (Å²) < 4.78 is 27.2. The maximum absolute atomic E-state index is 12.9. The largest absolute Gasteiger partial charge is 0.312 e. The number of fused-ring (bicyclic) bond motifs is 1. The summed E-state index contributed by atoms with van der Waals surface area (Å²) in [5, 5.41) is 13.1. The van der Waals surface area contributed by atoms with Gasteiger partial charge in [-0.1, -0.05) is 27.2 Å². The van der Waals surface area contributed by atoms with Crippen LogP contribution in [0.1, 0.15) is 60.0 Å². The number of hydrogen-bond acceptors (Lipinski definition) is 6. The molecule has 0 bridgehead atoms. The van der Waals surface area contributed by atoms with Gasteiger partial charge in [-0.25, -0.2) is 8.42 Å². The van der Waals surface area contributed by atoms with E-state index in [1.165, 1.54) is 39.9 Å². The van der Waals surface area contributed by atoms with Crippen LogP contribution in [-0.2, 0) is 23.0 Å². The van der Waals surface area contributed by atoms with Gasteiger partial charge in [0.25, 0.3) is 5.91 Å². The normalized spacial score (nSPS) is 14.2. The Labute approximate surface area is 194 Å². The average Bonchev–Trinajstić information content (AvgIpc) is 3.15. The topological polar surface area (TPSA) is 93.5 Å². The summed E-state index contributed by atoms with van der Waals surface area (Å²) in [5.41, 5.74) is 1.93. The third-order valence-electron chi connectivity index (χ3n) is 5.79. The monoisotopic (exact) mass is 474 g/mol. The average molecular weight is 475 g/mol. The molecule has 3 rings (SSSR count). The Morgan fingerprint density at radius 1 is 1.25 bits per heavy atom. The summed E-state index contributed by atoms with van der Waals surface area (Å²) in [6.45, 7) is 9.49. The fourth-order valence-corrected chi connectivity index (χ4v) is 6.54. The van der Waals surface area contributed by atoms with E-state index in [1.54, 1.807) is 0 Å². The number of benzene rings is 1. The second-order valence-corrected chi connectivity index (χ2v) is 10.8. The highest BCUT2D eigenvalue weighted by Crippen LogP contribution is 2.36. The van der Waals surface area contributed by atoms with Crippen molar-refractivity contribution in [2.75, 3.05) is 31.5 Å². The molecule has 32 heavy (non-hydrogen) atoms. The molecule has 1 aliphatic heterocycles. The standard InChI is InChI=1S/C23H30N4O3S2/c1-4-7-13-27(6-3)32(29,30)18-10-8-17(9-11-18)22(28)25-23-20(15-24)19-12-14-26(5-2)16-21(19)31-23/h8-11H,4-7,12-14,16H2,1-3H3,(H,25,28). The maximum Gasteiger partial charge on any atom is 0.256 e. The molecular weight excluding hydrogens is 444 g/mol. The van der Waals surface area contributed by atoms with Crippen LogP contribution in [0.5, 0.6) is 0 Å². The molecule has 1 aromatic heterocycles. The molecule has 0 atom stereocenters. The van der Waals surface area contributed by atoms with E-state index in [1.807, 2.05) is 13.8 Å². The molecule has 1 aromatic carbocycles. The fraction of sp³-hybridized carbons (Fsp3) is 0.478. The number of likely N-dealkylation sites (N-methyl/N-ethyl adjacent to an activating group) is 1. The number of anilines is 1. The van der Waals surface area contributed by atoms with E-state index in [0.717, 1.165) is 49.3 Å². The molecule has 1 N–H and O–H groups in total. The smallest absolute Gasteiger partial charge is 0.256 e. The predicted molar refractivity (Wildman–Crippen MR) is 127 cm³/mol. The molecule has 0 spiro atoms. The predicted octanol–water partition coefficient (Wildman–Crippen LogP) is 4.06. The van der Waals surface area contributed by atoms with Gasteiger partial charge in [0.05, 0.1) is 10.5 Å². The van der Waals surface area contributed by atoms with Crippen molar-refractivity contribution >= 4 is 32.3 Å². The van der Waals surface area contributed by atoms with Crippen molar-refractivity contribution in [3.63, 3.8) is 0 Å². The third-order valence-corrected chi connectivity index (χ3v) is 8.91. The Morgan fingerprint density at radius 3 is 2.56 bits per heavy atom. The van der Waals surface area contributed by atoms with Gasteiger partial charge in [-0.05, 0) is 49.2 Å². The van der Waals surface area contributed by atoms with Gasteiger partial charge >= 0.3 is 0 Å². The highest BCUT2D eigenvalue weighted by Gasteiger charge is 2.26. The van der Waals surface area contributed by atoms with Crippen LogP contribution in [0.15, 0.2) is 29.2 Å². The first kappa shape index (κ1) is 24.4. The number of nitriles is 1. The highest BCUT2D eigenvalue weighted by molar-refractivity contribution is 7.89. The number of hydrogen-bond donors (Lipinski definition) is 1. The van der Waals surface area contributed by atoms with Crippen molar-refractivity contribution in [3.05, 3.63) is 45.8 Å². The lowest BCUT2D eigenvalue weighted by atomic mass is 10.0. The van der Waals surface area contributed by atoms with E-state index in [-0.39, 0.29) is 10.8 Å². The van der Waals surface area contributed by atoms with Crippen molar-refractivity contribution in [2.24, 2.45) is 0 Å². The van der Waals surface area contributed by atoms with Crippen LogP contribution in [0.25, 0.3) is 0 Å². The van der Waals surface area contributed by atoms with Crippen molar-refractivity contribution in [2.45, 2.75) is 51.5 Å². The lowest BCUT2D eigenvalue weighted by Gasteiger charge is -2.24. The van der Waals surface area contributed by atoms with E-state index in [2.05, 4.69) is 23.2 Å². The molecule has 9 heteroatoms. The quantitative estimate of drug-likeness (QED) is 0.591. The van der Waals surface area contributed by atoms with Crippen LogP contribution in [0.4, 0.5) is 5.00 Å². The van der Waals surface area contributed by atoms with E-state index in [4.69, 9.17) is 0 Å². The lowest BCUT2D eigenvalue weighted by molar-refractivity contribution is 0.102. The van der Waals surface area contributed by atoms with Crippen LogP contribution in [0.2, 0.25) is 0 Å². The van der Waals surface area contributed by atoms with Crippen LogP contribution >= 0.6 is 11.3 Å². The van der Waals surface area contributed by atoms with E-state index in [0.29, 0.717) is 29.2 Å². The van der Waals surface area contributed by atoms with Crippen LogP contribution in [0.3, 0.4) is 0 Å². The van der Waals surface area contributed by atoms with Gasteiger partial charge in [0, 0.05) is 36.6 Å². The van der Waals surface area contributed by atoms with E-state index >= 15 is 0 Å². The van der Waals surface area contributed by atoms with E-state index in [9.17, 15) is 18.5 Å². The van der Waals surface area contributed by atoms with Gasteiger partial charge < -0.3 is 5.32 Å². The Morgan fingerprint density at radius 2 is 1.97 bits per heavy atom. The molecule has 1 amide bonds. The van der Waals surface area contributed by atoms with Crippen LogP contribution in [-0.4, -0.2) is 49.7 Å². The first-order chi connectivity index (χ1) is 15.3. The second-order valence-electron chi connectivity index (χ2n) is 7.77. The molecule has 7 nitrogen and oxygen atoms in total. The number of carbonyl (C=O) groups excluding carboxylic acids is 1. The maximum atomic E-state index is 12.9. The molecule has 0 saturated heterocycles. The lowest BCUT2D eigenvalue weighted by Crippen LogP contribution is -2.31. The molecule has 1 aliphatic rings. The summed E-state index contributed by atoms with van der Waals surface area (Å²) in [7, 11) is -3.59. The second kappa shape index (κ2) is 10.6. The number of carbonyl (C=O) groups is 1. The first-order valence-corrected chi connectivity index (χ1v) is 13.3. The van der Waals surface area contributed by atoms with Gasteiger partial charge in [0.2, 0.25) is 10.0 Å². The minimum Gasteiger partial charge on any atom is -0.312 e. The van der Waals surface area contributed by atoms with E-state index < -0.39 is 10.0 Å². The van der Waals surface area contributed by atoms with Gasteiger partial charge in [0.15, 0.2) is 0 Å².